The highest BCUT2D eigenvalue weighted by molar-refractivity contribution is 5.79. The van der Waals surface area contributed by atoms with Crippen LogP contribution in [0.3, 0.4) is 0 Å². The second kappa shape index (κ2) is 11.0. The van der Waals surface area contributed by atoms with Gasteiger partial charge in [-0.05, 0) is 32.1 Å². The lowest BCUT2D eigenvalue weighted by atomic mass is 9.96. The van der Waals surface area contributed by atoms with Crippen molar-refractivity contribution in [1.29, 1.82) is 0 Å². The molecule has 0 aromatic carbocycles. The molecule has 2 N–H and O–H groups in total. The van der Waals surface area contributed by atoms with E-state index in [1.54, 1.807) is 0 Å². The van der Waals surface area contributed by atoms with Crippen LogP contribution in [0.1, 0.15) is 67.7 Å². The minimum Gasteiger partial charge on any atom is -0.378 e. The molecule has 4 nitrogen and oxygen atoms in total. The average Bonchev–Trinajstić information content (AvgIpc) is 2.36. The fourth-order valence-electron chi connectivity index (χ4n) is 2.71. The Morgan fingerprint density at radius 2 is 1.55 bits per heavy atom. The molecule has 2 unspecified atom stereocenters. The molecule has 22 heavy (non-hydrogen) atoms. The molecule has 0 aromatic heterocycles. The zero-order valence-electron chi connectivity index (χ0n) is 15.7. The third-order valence-corrected chi connectivity index (χ3v) is 3.57. The van der Waals surface area contributed by atoms with E-state index < -0.39 is 6.23 Å². The Morgan fingerprint density at radius 3 is 1.91 bits per heavy atom. The van der Waals surface area contributed by atoms with Crippen molar-refractivity contribution < 1.29 is 9.90 Å². The van der Waals surface area contributed by atoms with E-state index in [1.165, 1.54) is 0 Å². The van der Waals surface area contributed by atoms with Gasteiger partial charge in [-0.1, -0.05) is 47.5 Å². The summed E-state index contributed by atoms with van der Waals surface area (Å²) in [5.74, 6) is 0.565. The highest BCUT2D eigenvalue weighted by Gasteiger charge is 2.31. The van der Waals surface area contributed by atoms with Crippen molar-refractivity contribution in [2.45, 2.75) is 80.0 Å². The first kappa shape index (κ1) is 21.4. The van der Waals surface area contributed by atoms with Crippen LogP contribution in [-0.4, -0.2) is 41.3 Å². The number of unbranched alkanes of at least 4 members (excludes halogenated alkanes) is 1. The van der Waals surface area contributed by atoms with E-state index >= 15 is 0 Å². The summed E-state index contributed by atoms with van der Waals surface area (Å²) in [6.45, 7) is 16.3. The van der Waals surface area contributed by atoms with Crippen molar-refractivity contribution in [3.05, 3.63) is 0 Å². The summed E-state index contributed by atoms with van der Waals surface area (Å²) in [5, 5.41) is 13.8. The van der Waals surface area contributed by atoms with Crippen LogP contribution in [0.25, 0.3) is 0 Å². The summed E-state index contributed by atoms with van der Waals surface area (Å²) in [5.41, 5.74) is 0. The van der Waals surface area contributed by atoms with E-state index in [9.17, 15) is 9.90 Å². The second-order valence-corrected chi connectivity index (χ2v) is 7.57. The SMILES string of the molecule is CCCCC(C(=O)NC(C)C)C(O)N(CC(C)C)CC(C)C. The Morgan fingerprint density at radius 1 is 1.05 bits per heavy atom. The lowest BCUT2D eigenvalue weighted by Crippen LogP contribution is -2.50. The van der Waals surface area contributed by atoms with Gasteiger partial charge >= 0.3 is 0 Å². The molecule has 0 bridgehead atoms. The lowest BCUT2D eigenvalue weighted by molar-refractivity contribution is -0.137. The number of amides is 1. The van der Waals surface area contributed by atoms with Crippen molar-refractivity contribution >= 4 is 5.91 Å². The monoisotopic (exact) mass is 314 g/mol. The molecule has 0 spiro atoms. The van der Waals surface area contributed by atoms with E-state index in [-0.39, 0.29) is 17.9 Å². The highest BCUT2D eigenvalue weighted by atomic mass is 16.3. The standard InChI is InChI=1S/C18H38N2O2/c1-8-9-10-16(17(21)19-15(6)7)18(22)20(11-13(2)3)12-14(4)5/h13-16,18,22H,8-12H2,1-7H3,(H,19,21). The first-order valence-electron chi connectivity index (χ1n) is 8.91. The summed E-state index contributed by atoms with van der Waals surface area (Å²) in [7, 11) is 0. The van der Waals surface area contributed by atoms with Gasteiger partial charge < -0.3 is 10.4 Å². The van der Waals surface area contributed by atoms with Gasteiger partial charge in [0.15, 0.2) is 0 Å². The summed E-state index contributed by atoms with van der Waals surface area (Å²) in [6.07, 6.45) is 2.04. The lowest BCUT2D eigenvalue weighted by Gasteiger charge is -2.35. The molecule has 0 rings (SSSR count). The fourth-order valence-corrected chi connectivity index (χ4v) is 2.71. The van der Waals surface area contributed by atoms with Crippen molar-refractivity contribution in [2.24, 2.45) is 17.8 Å². The highest BCUT2D eigenvalue weighted by Crippen LogP contribution is 2.19. The number of nitrogens with zero attached hydrogens (tertiary/aromatic N) is 1. The first-order valence-corrected chi connectivity index (χ1v) is 8.91. The molecule has 0 aliphatic rings. The van der Waals surface area contributed by atoms with Gasteiger partial charge in [0.25, 0.3) is 0 Å². The van der Waals surface area contributed by atoms with Crippen LogP contribution in [0.4, 0.5) is 0 Å². The van der Waals surface area contributed by atoms with Crippen LogP contribution < -0.4 is 5.32 Å². The number of aliphatic hydroxyl groups is 1. The molecule has 0 saturated carbocycles. The molecule has 0 radical (unpaired) electrons. The molecule has 0 aliphatic heterocycles. The van der Waals surface area contributed by atoms with Gasteiger partial charge in [-0.25, -0.2) is 0 Å². The molecule has 0 fully saturated rings. The Balaban J connectivity index is 5.06. The zero-order chi connectivity index (χ0) is 17.3. The number of hydrogen-bond donors (Lipinski definition) is 2. The van der Waals surface area contributed by atoms with Crippen LogP contribution in [0.2, 0.25) is 0 Å². The molecule has 2 atom stereocenters. The third kappa shape index (κ3) is 8.74. The van der Waals surface area contributed by atoms with Gasteiger partial charge in [0, 0.05) is 19.1 Å². The van der Waals surface area contributed by atoms with E-state index in [2.05, 4.69) is 44.8 Å². The maximum Gasteiger partial charge on any atom is 0.227 e. The van der Waals surface area contributed by atoms with Crippen LogP contribution in [-0.2, 0) is 4.79 Å². The quantitative estimate of drug-likeness (QED) is 0.576. The topological polar surface area (TPSA) is 52.6 Å². The smallest absolute Gasteiger partial charge is 0.227 e. The first-order chi connectivity index (χ1) is 10.2. The number of carbonyl (C=O) groups is 1. The number of rotatable bonds is 11. The van der Waals surface area contributed by atoms with E-state index in [0.717, 1.165) is 32.4 Å². The summed E-state index contributed by atoms with van der Waals surface area (Å²) in [4.78, 5) is 14.6. The van der Waals surface area contributed by atoms with E-state index in [0.29, 0.717) is 11.8 Å². The largest absolute Gasteiger partial charge is 0.378 e. The molecule has 4 heteroatoms. The van der Waals surface area contributed by atoms with E-state index in [1.807, 2.05) is 13.8 Å². The average molecular weight is 315 g/mol. The predicted molar refractivity (Wildman–Crippen MR) is 93.5 cm³/mol. The molecule has 132 valence electrons. The Bertz CT molecular complexity index is 293. The molecular weight excluding hydrogens is 276 g/mol. The predicted octanol–water partition coefficient (Wildman–Crippen LogP) is 3.25. The van der Waals surface area contributed by atoms with Gasteiger partial charge in [-0.15, -0.1) is 0 Å². The molecule has 0 aromatic rings. The Kier molecular flexibility index (Phi) is 10.7. The third-order valence-electron chi connectivity index (χ3n) is 3.57. The minimum atomic E-state index is -0.699. The van der Waals surface area contributed by atoms with Crippen LogP contribution in [0.5, 0.6) is 0 Å². The molecule has 0 aliphatic carbocycles. The maximum absolute atomic E-state index is 12.5. The molecular formula is C18H38N2O2. The van der Waals surface area contributed by atoms with Gasteiger partial charge in [0.1, 0.15) is 6.23 Å². The number of hydrogen-bond acceptors (Lipinski definition) is 3. The van der Waals surface area contributed by atoms with Crippen molar-refractivity contribution in [2.75, 3.05) is 13.1 Å². The Labute approximate surface area is 137 Å². The van der Waals surface area contributed by atoms with Crippen molar-refractivity contribution in [3.63, 3.8) is 0 Å². The van der Waals surface area contributed by atoms with E-state index in [4.69, 9.17) is 0 Å². The Hall–Kier alpha value is -0.610. The number of nitrogens with one attached hydrogen (secondary N) is 1. The number of carbonyl (C=O) groups excluding carboxylic acids is 1. The fraction of sp³-hybridized carbons (Fsp3) is 0.944. The van der Waals surface area contributed by atoms with Gasteiger partial charge in [0.2, 0.25) is 5.91 Å². The van der Waals surface area contributed by atoms with Gasteiger partial charge in [0.05, 0.1) is 5.92 Å². The van der Waals surface area contributed by atoms with Crippen LogP contribution in [0.15, 0.2) is 0 Å². The minimum absolute atomic E-state index is 0.0199. The molecule has 0 saturated heterocycles. The van der Waals surface area contributed by atoms with Crippen molar-refractivity contribution in [1.82, 2.24) is 10.2 Å². The normalized spacial score (nSPS) is 14.9. The summed E-state index contributed by atoms with van der Waals surface area (Å²) >= 11 is 0. The maximum atomic E-state index is 12.5. The number of aliphatic hydroxyl groups excluding tert-OH is 1. The molecule has 1 amide bonds. The van der Waals surface area contributed by atoms with Crippen molar-refractivity contribution in [3.8, 4) is 0 Å². The summed E-state index contributed by atoms with van der Waals surface area (Å²) in [6, 6.07) is 0.104. The second-order valence-electron chi connectivity index (χ2n) is 7.57. The molecule has 0 heterocycles. The van der Waals surface area contributed by atoms with Gasteiger partial charge in [-0.2, -0.15) is 0 Å². The van der Waals surface area contributed by atoms with Crippen LogP contribution >= 0.6 is 0 Å². The zero-order valence-corrected chi connectivity index (χ0v) is 15.7. The van der Waals surface area contributed by atoms with Crippen LogP contribution in [0, 0.1) is 17.8 Å². The summed E-state index contributed by atoms with van der Waals surface area (Å²) < 4.78 is 0. The van der Waals surface area contributed by atoms with Gasteiger partial charge in [-0.3, -0.25) is 9.69 Å².